The molecule has 0 bridgehead atoms. The largest absolute Gasteiger partial charge is 0.380 e. The second-order valence-corrected chi connectivity index (χ2v) is 7.64. The van der Waals surface area contributed by atoms with Gasteiger partial charge in [0, 0.05) is 36.0 Å². The minimum absolute atomic E-state index is 0.269. The maximum atomic E-state index is 5.39. The van der Waals surface area contributed by atoms with Gasteiger partial charge in [-0.05, 0) is 12.1 Å². The van der Waals surface area contributed by atoms with Crippen LogP contribution >= 0.6 is 0 Å². The molecule has 2 aliphatic heterocycles. The van der Waals surface area contributed by atoms with Crippen molar-refractivity contribution >= 4 is 22.4 Å². The van der Waals surface area contributed by atoms with Crippen LogP contribution in [0, 0.1) is 5.41 Å². The first-order chi connectivity index (χ1) is 12.7. The minimum atomic E-state index is 0.269. The van der Waals surface area contributed by atoms with E-state index in [2.05, 4.69) is 44.2 Å². The first kappa shape index (κ1) is 15.7. The summed E-state index contributed by atoms with van der Waals surface area (Å²) in [6, 6.07) is 10.2. The van der Waals surface area contributed by atoms with Gasteiger partial charge in [0.05, 0.1) is 36.3 Å². The number of pyridine rings is 1. The zero-order valence-corrected chi connectivity index (χ0v) is 14.8. The highest BCUT2D eigenvalue weighted by Gasteiger charge is 2.37. The number of fused-ring (bicyclic) bond motifs is 2. The third-order valence-electron chi connectivity index (χ3n) is 5.15. The number of rotatable bonds is 4. The van der Waals surface area contributed by atoms with Crippen LogP contribution in [-0.4, -0.2) is 39.6 Å². The molecule has 0 amide bonds. The SMILES string of the molecule is CC1(CN2Cc3ncnc(Nc4cnc5ccccc5c4)c3C2)COC1. The summed E-state index contributed by atoms with van der Waals surface area (Å²) < 4.78 is 5.39. The summed E-state index contributed by atoms with van der Waals surface area (Å²) >= 11 is 0. The van der Waals surface area contributed by atoms with Crippen molar-refractivity contribution in [3.63, 3.8) is 0 Å². The first-order valence-electron chi connectivity index (χ1n) is 8.93. The van der Waals surface area contributed by atoms with Gasteiger partial charge >= 0.3 is 0 Å². The average Bonchev–Trinajstić information content (AvgIpc) is 3.04. The van der Waals surface area contributed by atoms with Gasteiger partial charge in [0.25, 0.3) is 0 Å². The molecule has 0 saturated carbocycles. The molecule has 1 N–H and O–H groups in total. The molecular formula is C20H21N5O. The molecule has 1 aromatic carbocycles. The lowest BCUT2D eigenvalue weighted by Gasteiger charge is -2.40. The van der Waals surface area contributed by atoms with Crippen molar-refractivity contribution in [3.05, 3.63) is 54.1 Å². The molecule has 1 saturated heterocycles. The Kier molecular flexibility index (Phi) is 3.62. The number of benzene rings is 1. The van der Waals surface area contributed by atoms with Crippen LogP contribution in [0.15, 0.2) is 42.9 Å². The maximum Gasteiger partial charge on any atom is 0.138 e. The van der Waals surface area contributed by atoms with Gasteiger partial charge in [-0.1, -0.05) is 25.1 Å². The Morgan fingerprint density at radius 3 is 2.88 bits per heavy atom. The number of aromatic nitrogens is 3. The Morgan fingerprint density at radius 2 is 2.04 bits per heavy atom. The van der Waals surface area contributed by atoms with E-state index in [4.69, 9.17) is 4.74 Å². The van der Waals surface area contributed by atoms with Gasteiger partial charge in [0.1, 0.15) is 12.1 Å². The third kappa shape index (κ3) is 2.81. The van der Waals surface area contributed by atoms with E-state index >= 15 is 0 Å². The highest BCUT2D eigenvalue weighted by atomic mass is 16.5. The van der Waals surface area contributed by atoms with Crippen LogP contribution in [0.5, 0.6) is 0 Å². The van der Waals surface area contributed by atoms with Crippen LogP contribution in [0.3, 0.4) is 0 Å². The summed E-state index contributed by atoms with van der Waals surface area (Å²) in [4.78, 5) is 15.9. The van der Waals surface area contributed by atoms with Crippen LogP contribution < -0.4 is 5.32 Å². The molecule has 3 aromatic rings. The van der Waals surface area contributed by atoms with Crippen LogP contribution in [0.1, 0.15) is 18.2 Å². The summed E-state index contributed by atoms with van der Waals surface area (Å²) in [6.07, 6.45) is 3.50. The van der Waals surface area contributed by atoms with Crippen LogP contribution in [0.25, 0.3) is 10.9 Å². The highest BCUT2D eigenvalue weighted by Crippen LogP contribution is 2.33. The molecule has 132 valence electrons. The Balaban J connectivity index is 1.38. The fraction of sp³-hybridized carbons (Fsp3) is 0.350. The molecule has 4 heterocycles. The number of ether oxygens (including phenoxy) is 1. The Bertz CT molecular complexity index is 969. The standard InChI is InChI=1S/C20H21N5O/c1-20(11-26-12-20)10-25-8-16-18(9-25)22-13-23-19(16)24-15-6-14-4-2-3-5-17(14)21-7-15/h2-7,13H,8-12H2,1H3,(H,22,23,24). The zero-order valence-electron chi connectivity index (χ0n) is 14.8. The first-order valence-corrected chi connectivity index (χ1v) is 8.93. The quantitative estimate of drug-likeness (QED) is 0.782. The fourth-order valence-electron chi connectivity index (χ4n) is 3.82. The van der Waals surface area contributed by atoms with Gasteiger partial charge in [0.15, 0.2) is 0 Å². The van der Waals surface area contributed by atoms with Crippen molar-refractivity contribution in [1.82, 2.24) is 19.9 Å². The number of nitrogens with zero attached hydrogens (tertiary/aromatic N) is 4. The smallest absolute Gasteiger partial charge is 0.138 e. The van der Waals surface area contributed by atoms with Crippen molar-refractivity contribution < 1.29 is 4.74 Å². The molecular weight excluding hydrogens is 326 g/mol. The summed E-state index contributed by atoms with van der Waals surface area (Å²) in [6.45, 7) is 6.75. The van der Waals surface area contributed by atoms with E-state index in [0.29, 0.717) is 0 Å². The van der Waals surface area contributed by atoms with Gasteiger partial charge in [-0.15, -0.1) is 0 Å². The van der Waals surface area contributed by atoms with Gasteiger partial charge in [0.2, 0.25) is 0 Å². The summed E-state index contributed by atoms with van der Waals surface area (Å²) in [5, 5.41) is 4.56. The predicted molar refractivity (Wildman–Crippen MR) is 100 cm³/mol. The summed E-state index contributed by atoms with van der Waals surface area (Å²) in [7, 11) is 0. The topological polar surface area (TPSA) is 63.2 Å². The van der Waals surface area contributed by atoms with Crippen LogP contribution in [0.4, 0.5) is 11.5 Å². The zero-order chi connectivity index (χ0) is 17.6. The van der Waals surface area contributed by atoms with E-state index < -0.39 is 0 Å². The predicted octanol–water partition coefficient (Wildman–Crippen LogP) is 3.12. The van der Waals surface area contributed by atoms with Gasteiger partial charge < -0.3 is 10.1 Å². The molecule has 2 aromatic heterocycles. The van der Waals surface area contributed by atoms with Crippen molar-refractivity contribution in [1.29, 1.82) is 0 Å². The normalized spacial score (nSPS) is 18.5. The lowest BCUT2D eigenvalue weighted by atomic mass is 9.88. The summed E-state index contributed by atoms with van der Waals surface area (Å²) in [5.74, 6) is 0.879. The van der Waals surface area contributed by atoms with E-state index in [9.17, 15) is 0 Å². The number of para-hydroxylation sites is 1. The maximum absolute atomic E-state index is 5.39. The lowest BCUT2D eigenvalue weighted by molar-refractivity contribution is -0.115. The molecule has 6 heteroatoms. The lowest BCUT2D eigenvalue weighted by Crippen LogP contribution is -2.47. The second kappa shape index (κ2) is 6.00. The highest BCUT2D eigenvalue weighted by molar-refractivity contribution is 5.82. The van der Waals surface area contributed by atoms with E-state index in [1.54, 1.807) is 6.33 Å². The van der Waals surface area contributed by atoms with Gasteiger partial charge in [-0.3, -0.25) is 9.88 Å². The van der Waals surface area contributed by atoms with Crippen LogP contribution in [-0.2, 0) is 17.8 Å². The number of hydrogen-bond donors (Lipinski definition) is 1. The second-order valence-electron chi connectivity index (χ2n) is 7.64. The molecule has 0 unspecified atom stereocenters. The van der Waals surface area contributed by atoms with Crippen molar-refractivity contribution in [2.45, 2.75) is 20.0 Å². The Morgan fingerprint density at radius 1 is 1.15 bits per heavy atom. The molecule has 5 rings (SSSR count). The van der Waals surface area contributed by atoms with E-state index in [0.717, 1.165) is 61.0 Å². The van der Waals surface area contributed by atoms with E-state index in [-0.39, 0.29) is 5.41 Å². The molecule has 2 aliphatic rings. The summed E-state index contributed by atoms with van der Waals surface area (Å²) in [5.41, 5.74) is 4.51. The monoisotopic (exact) mass is 347 g/mol. The van der Waals surface area contributed by atoms with Crippen molar-refractivity contribution in [2.24, 2.45) is 5.41 Å². The fourth-order valence-corrected chi connectivity index (χ4v) is 3.82. The molecule has 6 nitrogen and oxygen atoms in total. The molecule has 26 heavy (non-hydrogen) atoms. The number of nitrogens with one attached hydrogen (secondary N) is 1. The van der Waals surface area contributed by atoms with Crippen molar-refractivity contribution in [3.8, 4) is 0 Å². The van der Waals surface area contributed by atoms with Gasteiger partial charge in [-0.2, -0.15) is 0 Å². The Hall–Kier alpha value is -2.57. The number of hydrogen-bond acceptors (Lipinski definition) is 6. The van der Waals surface area contributed by atoms with Crippen LogP contribution in [0.2, 0.25) is 0 Å². The minimum Gasteiger partial charge on any atom is -0.380 e. The molecule has 1 fully saturated rings. The van der Waals surface area contributed by atoms with Gasteiger partial charge in [-0.25, -0.2) is 9.97 Å². The Labute approximate surface area is 152 Å². The number of anilines is 2. The van der Waals surface area contributed by atoms with E-state index in [1.807, 2.05) is 24.4 Å². The molecule has 0 spiro atoms. The molecule has 0 radical (unpaired) electrons. The molecule has 0 aliphatic carbocycles. The van der Waals surface area contributed by atoms with Crippen molar-refractivity contribution in [2.75, 3.05) is 25.1 Å². The molecule has 0 atom stereocenters. The third-order valence-corrected chi connectivity index (χ3v) is 5.15. The van der Waals surface area contributed by atoms with E-state index in [1.165, 1.54) is 5.56 Å². The average molecular weight is 347 g/mol.